The molecule has 4 rings (SSSR count). The predicted octanol–water partition coefficient (Wildman–Crippen LogP) is 4.35. The van der Waals surface area contributed by atoms with Gasteiger partial charge in [0.2, 0.25) is 5.95 Å². The second-order valence-corrected chi connectivity index (χ2v) is 9.77. The summed E-state index contributed by atoms with van der Waals surface area (Å²) in [5.41, 5.74) is 1.96. The lowest BCUT2D eigenvalue weighted by molar-refractivity contribution is 0.335. The number of thiocarbonyl (C=S) groups is 1. The Morgan fingerprint density at radius 1 is 0.972 bits per heavy atom. The number of aromatic nitrogens is 2. The van der Waals surface area contributed by atoms with Crippen molar-refractivity contribution in [2.45, 2.75) is 38.3 Å². The molecule has 1 saturated carbocycles. The van der Waals surface area contributed by atoms with Crippen LogP contribution in [0.5, 0.6) is 11.5 Å². The van der Waals surface area contributed by atoms with Gasteiger partial charge in [-0.15, -0.1) is 0 Å². The standard InChI is InChI=1S/C27H36N6O2S/c1-33(2)25-21-9-5-6-10-22(21)31-26(32-25)30-20-14-12-18(13-15-20)16-28-27(36)29-17-19-8-7-11-23(34-3)24(19)35-4/h5-11,18,20H,12-17H2,1-4H3,(H2,28,29,36)(H,30,31,32). The average Bonchev–Trinajstić information content (AvgIpc) is 2.90. The summed E-state index contributed by atoms with van der Waals surface area (Å²) in [6, 6.07) is 14.4. The molecule has 1 aliphatic rings. The maximum Gasteiger partial charge on any atom is 0.225 e. The van der Waals surface area contributed by atoms with E-state index in [2.05, 4.69) is 22.0 Å². The van der Waals surface area contributed by atoms with Crippen LogP contribution >= 0.6 is 12.2 Å². The largest absolute Gasteiger partial charge is 0.493 e. The molecule has 9 heteroatoms. The number of hydrogen-bond donors (Lipinski definition) is 3. The lowest BCUT2D eigenvalue weighted by Crippen LogP contribution is -2.39. The highest BCUT2D eigenvalue weighted by Gasteiger charge is 2.22. The molecule has 0 saturated heterocycles. The molecule has 0 bridgehead atoms. The molecule has 8 nitrogen and oxygen atoms in total. The van der Waals surface area contributed by atoms with Crippen LogP contribution in [0.2, 0.25) is 0 Å². The van der Waals surface area contributed by atoms with Crippen LogP contribution in [0.3, 0.4) is 0 Å². The minimum absolute atomic E-state index is 0.378. The van der Waals surface area contributed by atoms with E-state index in [1.165, 1.54) is 0 Å². The zero-order valence-corrected chi connectivity index (χ0v) is 22.3. The van der Waals surface area contributed by atoms with Gasteiger partial charge in [-0.25, -0.2) is 4.98 Å². The molecule has 1 aromatic heterocycles. The number of fused-ring (bicyclic) bond motifs is 1. The van der Waals surface area contributed by atoms with Gasteiger partial charge in [-0.1, -0.05) is 24.3 Å². The highest BCUT2D eigenvalue weighted by atomic mass is 32.1. The zero-order chi connectivity index (χ0) is 25.5. The van der Waals surface area contributed by atoms with Crippen molar-refractivity contribution in [1.82, 2.24) is 20.6 Å². The van der Waals surface area contributed by atoms with E-state index in [4.69, 9.17) is 31.7 Å². The fourth-order valence-corrected chi connectivity index (χ4v) is 4.88. The van der Waals surface area contributed by atoms with Crippen LogP contribution in [0.15, 0.2) is 42.5 Å². The van der Waals surface area contributed by atoms with Gasteiger partial charge in [0, 0.05) is 44.2 Å². The summed E-state index contributed by atoms with van der Waals surface area (Å²) < 4.78 is 10.9. The van der Waals surface area contributed by atoms with E-state index < -0.39 is 0 Å². The van der Waals surface area contributed by atoms with Crippen LogP contribution < -0.4 is 30.3 Å². The van der Waals surface area contributed by atoms with Gasteiger partial charge in [0.05, 0.1) is 19.7 Å². The monoisotopic (exact) mass is 508 g/mol. The number of nitrogens with one attached hydrogen (secondary N) is 3. The molecule has 0 aliphatic heterocycles. The van der Waals surface area contributed by atoms with Crippen molar-refractivity contribution in [2.75, 3.05) is 45.1 Å². The van der Waals surface area contributed by atoms with Gasteiger partial charge in [-0.2, -0.15) is 4.98 Å². The molecule has 0 radical (unpaired) electrons. The zero-order valence-electron chi connectivity index (χ0n) is 21.5. The molecule has 0 atom stereocenters. The number of anilines is 2. The number of nitrogens with zero attached hydrogens (tertiary/aromatic N) is 3. The normalized spacial score (nSPS) is 17.3. The molecule has 0 spiro atoms. The van der Waals surface area contributed by atoms with E-state index in [0.29, 0.717) is 35.3 Å². The van der Waals surface area contributed by atoms with E-state index in [1.807, 2.05) is 55.4 Å². The third kappa shape index (κ3) is 6.26. The van der Waals surface area contributed by atoms with E-state index >= 15 is 0 Å². The quantitative estimate of drug-likeness (QED) is 0.365. The molecule has 1 heterocycles. The first kappa shape index (κ1) is 25.8. The van der Waals surface area contributed by atoms with Gasteiger partial charge in [-0.3, -0.25) is 0 Å². The summed E-state index contributed by atoms with van der Waals surface area (Å²) in [4.78, 5) is 11.6. The fourth-order valence-electron chi connectivity index (χ4n) is 4.73. The third-order valence-electron chi connectivity index (χ3n) is 6.66. The van der Waals surface area contributed by atoms with Crippen molar-refractivity contribution in [1.29, 1.82) is 0 Å². The number of ether oxygens (including phenoxy) is 2. The molecule has 3 N–H and O–H groups in total. The highest BCUT2D eigenvalue weighted by Crippen LogP contribution is 2.31. The molecule has 0 unspecified atom stereocenters. The van der Waals surface area contributed by atoms with Crippen molar-refractivity contribution in [3.63, 3.8) is 0 Å². The SMILES string of the molecule is COc1cccc(CNC(=S)NCC2CCC(Nc3nc(N(C)C)c4ccccc4n3)CC2)c1OC. The van der Waals surface area contributed by atoms with Crippen molar-refractivity contribution in [2.24, 2.45) is 5.92 Å². The molecule has 1 fully saturated rings. The number of hydrogen-bond acceptors (Lipinski definition) is 7. The van der Waals surface area contributed by atoms with Gasteiger partial charge in [0.1, 0.15) is 5.82 Å². The Bertz CT molecular complexity index is 1180. The first-order chi connectivity index (χ1) is 17.5. The number of rotatable bonds is 9. The van der Waals surface area contributed by atoms with E-state index in [1.54, 1.807) is 14.2 Å². The smallest absolute Gasteiger partial charge is 0.225 e. The van der Waals surface area contributed by atoms with Crippen LogP contribution in [-0.2, 0) is 6.54 Å². The Morgan fingerprint density at radius 2 is 1.75 bits per heavy atom. The van der Waals surface area contributed by atoms with Crippen molar-refractivity contribution in [3.05, 3.63) is 48.0 Å². The third-order valence-corrected chi connectivity index (χ3v) is 6.95. The predicted molar refractivity (Wildman–Crippen MR) is 150 cm³/mol. The number of methoxy groups -OCH3 is 2. The van der Waals surface area contributed by atoms with Gasteiger partial charge >= 0.3 is 0 Å². The van der Waals surface area contributed by atoms with Gasteiger partial charge in [0.25, 0.3) is 0 Å². The minimum atomic E-state index is 0.378. The molecule has 192 valence electrons. The summed E-state index contributed by atoms with van der Waals surface area (Å²) in [5, 5.41) is 12.0. The van der Waals surface area contributed by atoms with Gasteiger partial charge in [0.15, 0.2) is 16.6 Å². The second-order valence-electron chi connectivity index (χ2n) is 9.36. The summed E-state index contributed by atoms with van der Waals surface area (Å²) in [5.74, 6) is 3.68. The molecule has 1 aliphatic carbocycles. The first-order valence-corrected chi connectivity index (χ1v) is 12.8. The Hall–Kier alpha value is -3.33. The Balaban J connectivity index is 1.24. The van der Waals surface area contributed by atoms with E-state index in [-0.39, 0.29) is 0 Å². The van der Waals surface area contributed by atoms with Gasteiger partial charge < -0.3 is 30.3 Å². The number of para-hydroxylation sites is 2. The molecule has 0 amide bonds. The molecular weight excluding hydrogens is 472 g/mol. The Labute approximate surface area is 218 Å². The Kier molecular flexibility index (Phi) is 8.64. The lowest BCUT2D eigenvalue weighted by atomic mass is 9.86. The fraction of sp³-hybridized carbons (Fsp3) is 0.444. The van der Waals surface area contributed by atoms with Crippen LogP contribution in [0.1, 0.15) is 31.2 Å². The van der Waals surface area contributed by atoms with Gasteiger partial charge in [-0.05, 0) is 62.0 Å². The van der Waals surface area contributed by atoms with Crippen molar-refractivity contribution < 1.29 is 9.47 Å². The highest BCUT2D eigenvalue weighted by molar-refractivity contribution is 7.80. The molecular formula is C27H36N6O2S. The van der Waals surface area contributed by atoms with E-state index in [0.717, 1.165) is 60.3 Å². The lowest BCUT2D eigenvalue weighted by Gasteiger charge is -2.30. The van der Waals surface area contributed by atoms with Crippen LogP contribution in [0.25, 0.3) is 10.9 Å². The second kappa shape index (κ2) is 12.1. The maximum atomic E-state index is 5.52. The minimum Gasteiger partial charge on any atom is -0.493 e. The van der Waals surface area contributed by atoms with Crippen LogP contribution in [-0.4, -0.2) is 56.0 Å². The molecule has 2 aromatic carbocycles. The first-order valence-electron chi connectivity index (χ1n) is 12.4. The topological polar surface area (TPSA) is 83.6 Å². The molecule has 3 aromatic rings. The Morgan fingerprint density at radius 3 is 2.47 bits per heavy atom. The number of benzene rings is 2. The summed E-state index contributed by atoms with van der Waals surface area (Å²) in [7, 11) is 7.32. The average molecular weight is 509 g/mol. The van der Waals surface area contributed by atoms with Crippen molar-refractivity contribution >= 4 is 40.0 Å². The summed E-state index contributed by atoms with van der Waals surface area (Å²) in [6.45, 7) is 1.44. The maximum absolute atomic E-state index is 5.52. The summed E-state index contributed by atoms with van der Waals surface area (Å²) >= 11 is 5.52. The summed E-state index contributed by atoms with van der Waals surface area (Å²) in [6.07, 6.45) is 4.43. The van der Waals surface area contributed by atoms with Crippen LogP contribution in [0.4, 0.5) is 11.8 Å². The van der Waals surface area contributed by atoms with E-state index in [9.17, 15) is 0 Å². The van der Waals surface area contributed by atoms with Crippen LogP contribution in [0, 0.1) is 5.92 Å². The van der Waals surface area contributed by atoms with Crippen molar-refractivity contribution in [3.8, 4) is 11.5 Å². The molecule has 36 heavy (non-hydrogen) atoms.